The third-order valence-electron chi connectivity index (χ3n) is 4.31. The van der Waals surface area contributed by atoms with Crippen LogP contribution in [0.15, 0.2) is 12.1 Å². The molecule has 1 N–H and O–H groups in total. The fourth-order valence-electron chi connectivity index (χ4n) is 2.14. The molecule has 0 aliphatic rings. The number of rotatable bonds is 6. The number of halogens is 6. The number of carbonyl (C=O) groups is 1. The first-order chi connectivity index (χ1) is 12.6. The zero-order chi connectivity index (χ0) is 22.1. The minimum absolute atomic E-state index is 0.361. The lowest BCUT2D eigenvalue weighted by molar-refractivity contribution is -0.376. The molecule has 11 heteroatoms. The summed E-state index contributed by atoms with van der Waals surface area (Å²) in [6.45, 7) is 4.78. The van der Waals surface area contributed by atoms with E-state index in [9.17, 15) is 36.2 Å². The van der Waals surface area contributed by atoms with Gasteiger partial charge in [-0.25, -0.2) is 0 Å². The fourth-order valence-corrected chi connectivity index (χ4v) is 2.14. The van der Waals surface area contributed by atoms with Gasteiger partial charge >= 0.3 is 18.3 Å². The number of carbonyl (C=O) groups excluding carboxylic acids is 1. The second-order valence-corrected chi connectivity index (χ2v) is 6.54. The van der Waals surface area contributed by atoms with Crippen LogP contribution < -0.4 is 14.2 Å². The number of esters is 1. The molecular formula is C17H20F6O5. The molecule has 0 aliphatic carbocycles. The molecular weight excluding hydrogens is 398 g/mol. The molecule has 0 saturated carbocycles. The van der Waals surface area contributed by atoms with Crippen LogP contribution in [0.2, 0.25) is 0 Å². The zero-order valence-electron chi connectivity index (χ0n) is 15.7. The highest BCUT2D eigenvalue weighted by atomic mass is 19.4. The average molecular weight is 418 g/mol. The van der Waals surface area contributed by atoms with Gasteiger partial charge in [-0.1, -0.05) is 6.92 Å². The fraction of sp³-hybridized carbons (Fsp3) is 0.588. The van der Waals surface area contributed by atoms with E-state index in [0.29, 0.717) is 18.6 Å². The second kappa shape index (κ2) is 7.69. The van der Waals surface area contributed by atoms with Crippen molar-refractivity contribution < 1.29 is 50.5 Å². The van der Waals surface area contributed by atoms with Crippen LogP contribution in [0.3, 0.4) is 0 Å². The predicted molar refractivity (Wildman–Crippen MR) is 85.3 cm³/mol. The van der Waals surface area contributed by atoms with E-state index in [1.165, 1.54) is 0 Å². The van der Waals surface area contributed by atoms with Gasteiger partial charge in [-0.05, 0) is 20.3 Å². The van der Waals surface area contributed by atoms with Crippen LogP contribution >= 0.6 is 0 Å². The number of methoxy groups -OCH3 is 2. The summed E-state index contributed by atoms with van der Waals surface area (Å²) in [5.74, 6) is -3.22. The number of hydrogen-bond donors (Lipinski definition) is 1. The number of benzene rings is 1. The maximum Gasteiger partial charge on any atom is 0.430 e. The number of hydrogen-bond acceptors (Lipinski definition) is 5. The van der Waals surface area contributed by atoms with Crippen LogP contribution in [0.4, 0.5) is 26.3 Å². The molecule has 0 fully saturated rings. The van der Waals surface area contributed by atoms with E-state index in [0.717, 1.165) is 14.2 Å². The van der Waals surface area contributed by atoms with Crippen molar-refractivity contribution in [2.45, 2.75) is 45.1 Å². The molecule has 1 aromatic carbocycles. The van der Waals surface area contributed by atoms with Gasteiger partial charge in [0.1, 0.15) is 17.2 Å². The number of alkyl halides is 6. The Kier molecular flexibility index (Phi) is 6.55. The Morgan fingerprint density at radius 3 is 1.64 bits per heavy atom. The summed E-state index contributed by atoms with van der Waals surface area (Å²) in [7, 11) is 1.60. The first kappa shape index (κ1) is 23.9. The SMILES string of the molecule is CCC(C)(C)C(=O)Oc1cc(OC)c(C(O)(C(F)(F)F)C(F)(F)F)c(OC)c1. The van der Waals surface area contributed by atoms with Crippen LogP contribution in [-0.2, 0) is 10.4 Å². The van der Waals surface area contributed by atoms with Gasteiger partial charge in [-0.15, -0.1) is 0 Å². The summed E-state index contributed by atoms with van der Waals surface area (Å²) < 4.78 is 93.9. The molecule has 0 heterocycles. The average Bonchev–Trinajstić information content (AvgIpc) is 2.57. The van der Waals surface area contributed by atoms with Crippen LogP contribution in [0.1, 0.15) is 32.8 Å². The topological polar surface area (TPSA) is 65.0 Å². The van der Waals surface area contributed by atoms with E-state index in [1.54, 1.807) is 20.8 Å². The van der Waals surface area contributed by atoms with Gasteiger partial charge in [0, 0.05) is 12.1 Å². The molecule has 1 aromatic rings. The van der Waals surface area contributed by atoms with Gasteiger partial charge < -0.3 is 19.3 Å². The summed E-state index contributed by atoms with van der Waals surface area (Å²) in [4.78, 5) is 12.2. The molecule has 5 nitrogen and oxygen atoms in total. The van der Waals surface area contributed by atoms with Crippen LogP contribution in [-0.4, -0.2) is 37.6 Å². The van der Waals surface area contributed by atoms with Gasteiger partial charge in [0.05, 0.1) is 25.2 Å². The first-order valence-corrected chi connectivity index (χ1v) is 7.91. The highest BCUT2D eigenvalue weighted by molar-refractivity contribution is 5.78. The van der Waals surface area contributed by atoms with Crippen LogP contribution in [0, 0.1) is 5.41 Å². The molecule has 0 radical (unpaired) electrons. The van der Waals surface area contributed by atoms with Gasteiger partial charge in [0.15, 0.2) is 0 Å². The summed E-state index contributed by atoms with van der Waals surface area (Å²) in [6, 6.07) is 1.29. The Labute approximate surface area is 157 Å². The molecule has 0 saturated heterocycles. The van der Waals surface area contributed by atoms with Crippen molar-refractivity contribution >= 4 is 5.97 Å². The molecule has 0 spiro atoms. The first-order valence-electron chi connectivity index (χ1n) is 7.91. The molecule has 0 unspecified atom stereocenters. The Morgan fingerprint density at radius 1 is 0.964 bits per heavy atom. The summed E-state index contributed by atoms with van der Waals surface area (Å²) in [6.07, 6.45) is -11.9. The molecule has 0 bridgehead atoms. The van der Waals surface area contributed by atoms with E-state index in [-0.39, 0.29) is 0 Å². The minimum Gasteiger partial charge on any atom is -0.496 e. The quantitative estimate of drug-likeness (QED) is 0.423. The highest BCUT2D eigenvalue weighted by Crippen LogP contribution is 2.55. The molecule has 0 aromatic heterocycles. The molecule has 0 aliphatic heterocycles. The number of aliphatic hydroxyl groups is 1. The standard InChI is InChI=1S/C17H20F6O5/c1-6-14(2,3)13(24)28-9-7-10(26-4)12(11(8-9)27-5)15(25,16(18,19)20)17(21,22)23/h7-8,25H,6H2,1-5H3. The maximum absolute atomic E-state index is 13.3. The van der Waals surface area contributed by atoms with Crippen molar-refractivity contribution in [3.05, 3.63) is 17.7 Å². The maximum atomic E-state index is 13.3. The Bertz CT molecular complexity index is 685. The van der Waals surface area contributed by atoms with Gasteiger partial charge in [0.2, 0.25) is 0 Å². The predicted octanol–water partition coefficient (Wildman–Crippen LogP) is 4.36. The molecule has 0 amide bonds. The van der Waals surface area contributed by atoms with Crippen molar-refractivity contribution in [1.82, 2.24) is 0 Å². The van der Waals surface area contributed by atoms with E-state index in [2.05, 4.69) is 9.47 Å². The normalized spacial score (nSPS) is 13.3. The number of ether oxygens (including phenoxy) is 3. The molecule has 1 rings (SSSR count). The Hall–Kier alpha value is -2.17. The third kappa shape index (κ3) is 4.13. The largest absolute Gasteiger partial charge is 0.496 e. The lowest BCUT2D eigenvalue weighted by Crippen LogP contribution is -2.54. The monoisotopic (exact) mass is 418 g/mol. The van der Waals surface area contributed by atoms with Crippen molar-refractivity contribution in [3.8, 4) is 17.2 Å². The summed E-state index contributed by atoms with van der Waals surface area (Å²) in [5, 5.41) is 9.70. The van der Waals surface area contributed by atoms with E-state index >= 15 is 0 Å². The van der Waals surface area contributed by atoms with E-state index in [1.807, 2.05) is 0 Å². The van der Waals surface area contributed by atoms with E-state index in [4.69, 9.17) is 4.74 Å². The zero-order valence-corrected chi connectivity index (χ0v) is 15.7. The lowest BCUT2D eigenvalue weighted by atomic mass is 9.89. The Balaban J connectivity index is 3.69. The molecule has 160 valence electrons. The smallest absolute Gasteiger partial charge is 0.430 e. The summed E-state index contributed by atoms with van der Waals surface area (Å²) >= 11 is 0. The highest BCUT2D eigenvalue weighted by Gasteiger charge is 2.73. The second-order valence-electron chi connectivity index (χ2n) is 6.54. The molecule has 28 heavy (non-hydrogen) atoms. The van der Waals surface area contributed by atoms with Crippen LogP contribution in [0.25, 0.3) is 0 Å². The van der Waals surface area contributed by atoms with Gasteiger partial charge in [0.25, 0.3) is 5.60 Å². The van der Waals surface area contributed by atoms with Crippen molar-refractivity contribution in [3.63, 3.8) is 0 Å². The van der Waals surface area contributed by atoms with Gasteiger partial charge in [-0.2, -0.15) is 26.3 Å². The van der Waals surface area contributed by atoms with E-state index < -0.39 is 52.1 Å². The van der Waals surface area contributed by atoms with Crippen molar-refractivity contribution in [1.29, 1.82) is 0 Å². The van der Waals surface area contributed by atoms with Crippen molar-refractivity contribution in [2.24, 2.45) is 5.41 Å². The van der Waals surface area contributed by atoms with Gasteiger partial charge in [-0.3, -0.25) is 4.79 Å². The van der Waals surface area contributed by atoms with Crippen molar-refractivity contribution in [2.75, 3.05) is 14.2 Å². The molecule has 0 atom stereocenters. The lowest BCUT2D eigenvalue weighted by Gasteiger charge is -2.34. The Morgan fingerprint density at radius 2 is 1.36 bits per heavy atom. The van der Waals surface area contributed by atoms with Crippen LogP contribution in [0.5, 0.6) is 17.2 Å². The minimum atomic E-state index is -6.14. The third-order valence-corrected chi connectivity index (χ3v) is 4.31. The summed E-state index contributed by atoms with van der Waals surface area (Å²) in [5.41, 5.74) is -7.94.